The number of halogens is 1. The molecule has 74 valence electrons. The molecule has 0 aliphatic heterocycles. The molecule has 3 heteroatoms. The largest absolute Gasteiger partial charge is 0.493 e. The molecule has 0 bridgehead atoms. The molecule has 2 nitrogen and oxygen atoms in total. The maximum atomic E-state index is 5.67. The lowest BCUT2D eigenvalue weighted by molar-refractivity contribution is 0.323. The fraction of sp³-hybridized carbons (Fsp3) is 0.273. The number of hydrogen-bond donors (Lipinski definition) is 1. The Morgan fingerprint density at radius 3 is 3.07 bits per heavy atom. The summed E-state index contributed by atoms with van der Waals surface area (Å²) in [4.78, 5) is 3.16. The van der Waals surface area contributed by atoms with Crippen molar-refractivity contribution >= 4 is 26.8 Å². The van der Waals surface area contributed by atoms with E-state index in [0.29, 0.717) is 0 Å². The second-order valence-electron chi connectivity index (χ2n) is 3.09. The molecule has 14 heavy (non-hydrogen) atoms. The summed E-state index contributed by atoms with van der Waals surface area (Å²) < 4.78 is 5.67. The van der Waals surface area contributed by atoms with Crippen molar-refractivity contribution in [2.45, 2.75) is 6.42 Å². The molecule has 0 spiro atoms. The maximum Gasteiger partial charge on any atom is 0.128 e. The first kappa shape index (κ1) is 9.59. The van der Waals surface area contributed by atoms with Crippen LogP contribution in [0.1, 0.15) is 6.42 Å². The summed E-state index contributed by atoms with van der Waals surface area (Å²) in [5.41, 5.74) is 1.13. The molecule has 2 aromatic rings. The highest BCUT2D eigenvalue weighted by Gasteiger charge is 2.01. The van der Waals surface area contributed by atoms with Crippen LogP contribution in [-0.4, -0.2) is 16.9 Å². The summed E-state index contributed by atoms with van der Waals surface area (Å²) >= 11 is 3.38. The van der Waals surface area contributed by atoms with Crippen LogP contribution in [0.2, 0.25) is 0 Å². The average molecular weight is 254 g/mol. The quantitative estimate of drug-likeness (QED) is 0.657. The Bertz CT molecular complexity index is 410. The van der Waals surface area contributed by atoms with Crippen LogP contribution in [0.15, 0.2) is 30.5 Å². The molecule has 0 radical (unpaired) electrons. The zero-order valence-corrected chi connectivity index (χ0v) is 9.38. The Morgan fingerprint density at radius 2 is 2.21 bits per heavy atom. The number of aromatic nitrogens is 1. The molecule has 0 aliphatic carbocycles. The van der Waals surface area contributed by atoms with Gasteiger partial charge in [-0.15, -0.1) is 0 Å². The minimum absolute atomic E-state index is 0.759. The zero-order chi connectivity index (χ0) is 9.80. The smallest absolute Gasteiger partial charge is 0.128 e. The molecule has 0 aliphatic rings. The summed E-state index contributed by atoms with van der Waals surface area (Å²) in [5, 5.41) is 2.14. The van der Waals surface area contributed by atoms with Crippen molar-refractivity contribution in [3.05, 3.63) is 30.5 Å². The van der Waals surface area contributed by atoms with E-state index in [0.717, 1.165) is 35.0 Å². The van der Waals surface area contributed by atoms with E-state index in [1.165, 1.54) is 0 Å². The molecular weight excluding hydrogens is 242 g/mol. The third-order valence-corrected chi connectivity index (χ3v) is 2.65. The van der Waals surface area contributed by atoms with E-state index in [1.54, 1.807) is 0 Å². The van der Waals surface area contributed by atoms with Crippen molar-refractivity contribution in [3.63, 3.8) is 0 Å². The third kappa shape index (κ3) is 1.93. The van der Waals surface area contributed by atoms with Crippen LogP contribution in [0.4, 0.5) is 0 Å². The standard InChI is InChI=1S/C11H12BrNO/c12-6-2-8-14-11-4-1-3-10-9(11)5-7-13-10/h1,3-5,7,13H,2,6,8H2. The van der Waals surface area contributed by atoms with E-state index in [2.05, 4.69) is 20.9 Å². The van der Waals surface area contributed by atoms with Gasteiger partial charge in [0, 0.05) is 22.4 Å². The van der Waals surface area contributed by atoms with E-state index in [4.69, 9.17) is 4.74 Å². The second-order valence-corrected chi connectivity index (χ2v) is 3.88. The van der Waals surface area contributed by atoms with Crippen molar-refractivity contribution in [2.24, 2.45) is 0 Å². The number of benzene rings is 1. The number of hydrogen-bond acceptors (Lipinski definition) is 1. The Hall–Kier alpha value is -0.960. The van der Waals surface area contributed by atoms with Gasteiger partial charge in [0.2, 0.25) is 0 Å². The zero-order valence-electron chi connectivity index (χ0n) is 7.79. The first-order chi connectivity index (χ1) is 6.92. The van der Waals surface area contributed by atoms with E-state index in [1.807, 2.05) is 30.5 Å². The maximum absolute atomic E-state index is 5.67. The summed E-state index contributed by atoms with van der Waals surface area (Å²) in [7, 11) is 0. The van der Waals surface area contributed by atoms with Crippen molar-refractivity contribution < 1.29 is 4.74 Å². The molecule has 0 unspecified atom stereocenters. The van der Waals surface area contributed by atoms with Crippen LogP contribution in [0.3, 0.4) is 0 Å². The van der Waals surface area contributed by atoms with Crippen LogP contribution in [0, 0.1) is 0 Å². The van der Waals surface area contributed by atoms with Gasteiger partial charge in [-0.05, 0) is 24.6 Å². The molecule has 0 saturated heterocycles. The Morgan fingerprint density at radius 1 is 1.29 bits per heavy atom. The number of alkyl halides is 1. The molecule has 1 N–H and O–H groups in total. The lowest BCUT2D eigenvalue weighted by Crippen LogP contribution is -1.97. The lowest BCUT2D eigenvalue weighted by atomic mass is 10.2. The van der Waals surface area contributed by atoms with E-state index >= 15 is 0 Å². The topological polar surface area (TPSA) is 25.0 Å². The van der Waals surface area contributed by atoms with Crippen LogP contribution in [0.5, 0.6) is 5.75 Å². The predicted octanol–water partition coefficient (Wildman–Crippen LogP) is 3.33. The second kappa shape index (κ2) is 4.51. The summed E-state index contributed by atoms with van der Waals surface area (Å²) in [6, 6.07) is 8.10. The van der Waals surface area contributed by atoms with Gasteiger partial charge in [0.25, 0.3) is 0 Å². The summed E-state index contributed by atoms with van der Waals surface area (Å²) in [5.74, 6) is 0.963. The average Bonchev–Trinajstić information content (AvgIpc) is 2.67. The number of nitrogens with one attached hydrogen (secondary N) is 1. The molecule has 0 atom stereocenters. The number of ether oxygens (including phenoxy) is 1. The Balaban J connectivity index is 2.19. The number of rotatable bonds is 4. The van der Waals surface area contributed by atoms with E-state index in [-0.39, 0.29) is 0 Å². The minimum atomic E-state index is 0.759. The van der Waals surface area contributed by atoms with Crippen LogP contribution in [0.25, 0.3) is 10.9 Å². The highest BCUT2D eigenvalue weighted by molar-refractivity contribution is 9.09. The summed E-state index contributed by atoms with van der Waals surface area (Å²) in [6.45, 7) is 0.759. The first-order valence-electron chi connectivity index (χ1n) is 4.66. The van der Waals surface area contributed by atoms with Gasteiger partial charge >= 0.3 is 0 Å². The van der Waals surface area contributed by atoms with Crippen molar-refractivity contribution in [1.82, 2.24) is 4.98 Å². The van der Waals surface area contributed by atoms with Gasteiger partial charge in [0.15, 0.2) is 0 Å². The van der Waals surface area contributed by atoms with Gasteiger partial charge in [-0.25, -0.2) is 0 Å². The van der Waals surface area contributed by atoms with Crippen LogP contribution < -0.4 is 4.74 Å². The molecule has 0 amide bonds. The SMILES string of the molecule is BrCCCOc1cccc2[nH]ccc12. The first-order valence-corrected chi connectivity index (χ1v) is 5.79. The number of fused-ring (bicyclic) bond motifs is 1. The van der Waals surface area contributed by atoms with Gasteiger partial charge in [-0.2, -0.15) is 0 Å². The Kier molecular flexibility index (Phi) is 3.09. The van der Waals surface area contributed by atoms with Gasteiger partial charge < -0.3 is 9.72 Å². The molecule has 0 fully saturated rings. The molecule has 1 heterocycles. The molecular formula is C11H12BrNO. The van der Waals surface area contributed by atoms with Crippen molar-refractivity contribution in [1.29, 1.82) is 0 Å². The van der Waals surface area contributed by atoms with Crippen molar-refractivity contribution in [2.75, 3.05) is 11.9 Å². The van der Waals surface area contributed by atoms with E-state index in [9.17, 15) is 0 Å². The molecule has 1 aromatic heterocycles. The highest BCUT2D eigenvalue weighted by atomic mass is 79.9. The normalized spacial score (nSPS) is 10.6. The van der Waals surface area contributed by atoms with Gasteiger partial charge in [-0.1, -0.05) is 22.0 Å². The fourth-order valence-electron chi connectivity index (χ4n) is 1.42. The third-order valence-electron chi connectivity index (χ3n) is 2.09. The van der Waals surface area contributed by atoms with E-state index < -0.39 is 0 Å². The number of H-pyrrole nitrogens is 1. The molecule has 0 saturated carbocycles. The molecule has 2 rings (SSSR count). The molecule has 1 aromatic carbocycles. The van der Waals surface area contributed by atoms with Gasteiger partial charge in [0.1, 0.15) is 5.75 Å². The fourth-order valence-corrected chi connectivity index (χ4v) is 1.65. The Labute approximate surface area is 91.4 Å². The van der Waals surface area contributed by atoms with Crippen molar-refractivity contribution in [3.8, 4) is 5.75 Å². The monoisotopic (exact) mass is 253 g/mol. The number of aromatic amines is 1. The van der Waals surface area contributed by atoms with Crippen LogP contribution >= 0.6 is 15.9 Å². The van der Waals surface area contributed by atoms with Crippen LogP contribution in [-0.2, 0) is 0 Å². The summed E-state index contributed by atoms with van der Waals surface area (Å²) in [6.07, 6.45) is 2.96. The lowest BCUT2D eigenvalue weighted by Gasteiger charge is -2.05. The minimum Gasteiger partial charge on any atom is -0.493 e. The predicted molar refractivity (Wildman–Crippen MR) is 62.2 cm³/mol. The van der Waals surface area contributed by atoms with Gasteiger partial charge in [0.05, 0.1) is 6.61 Å². The highest BCUT2D eigenvalue weighted by Crippen LogP contribution is 2.24. The van der Waals surface area contributed by atoms with Gasteiger partial charge in [-0.3, -0.25) is 0 Å².